The summed E-state index contributed by atoms with van der Waals surface area (Å²) in [6, 6.07) is 2.53. The van der Waals surface area contributed by atoms with E-state index in [0.717, 1.165) is 6.07 Å². The number of aliphatic hydroxyl groups excluding tert-OH is 1. The fourth-order valence-corrected chi connectivity index (χ4v) is 1.04. The third-order valence-corrected chi connectivity index (χ3v) is 1.70. The highest BCUT2D eigenvalue weighted by Crippen LogP contribution is 2.26. The topological polar surface area (TPSA) is 82.9 Å². The normalized spacial score (nSPS) is 10.2. The predicted octanol–water partition coefficient (Wildman–Crippen LogP) is 0.965. The summed E-state index contributed by atoms with van der Waals surface area (Å²) in [7, 11) is 0. The minimum atomic E-state index is -2.78. The summed E-state index contributed by atoms with van der Waals surface area (Å²) < 4.78 is 24.8. The smallest absolute Gasteiger partial charge is 0.264 e. The molecule has 0 aliphatic heterocycles. The summed E-state index contributed by atoms with van der Waals surface area (Å²) in [5, 5.41) is 17.2. The van der Waals surface area contributed by atoms with Gasteiger partial charge < -0.3 is 10.8 Å². The molecule has 14 heavy (non-hydrogen) atoms. The van der Waals surface area contributed by atoms with Gasteiger partial charge in [-0.25, -0.2) is 13.8 Å². The van der Waals surface area contributed by atoms with E-state index in [1.165, 1.54) is 0 Å². The van der Waals surface area contributed by atoms with Crippen LogP contribution >= 0.6 is 0 Å². The lowest BCUT2D eigenvalue weighted by atomic mass is 10.1. The van der Waals surface area contributed by atoms with Gasteiger partial charge in [-0.15, -0.1) is 0 Å². The standard InChI is InChI=1S/C8H7F2N3O/c9-7(10)5-1-4(2-11)13-8(12)6(5)3-14/h1,7,14H,3H2,(H2,12,13). The molecule has 1 aromatic heterocycles. The number of halogens is 2. The van der Waals surface area contributed by atoms with Gasteiger partial charge in [-0.3, -0.25) is 0 Å². The van der Waals surface area contributed by atoms with Crippen molar-refractivity contribution in [2.45, 2.75) is 13.0 Å². The highest BCUT2D eigenvalue weighted by atomic mass is 19.3. The van der Waals surface area contributed by atoms with Crippen LogP contribution in [0.15, 0.2) is 6.07 Å². The van der Waals surface area contributed by atoms with Gasteiger partial charge >= 0.3 is 0 Å². The molecule has 0 atom stereocenters. The number of hydrogen-bond donors (Lipinski definition) is 2. The van der Waals surface area contributed by atoms with Gasteiger partial charge in [0.1, 0.15) is 17.6 Å². The van der Waals surface area contributed by atoms with Crippen LogP contribution < -0.4 is 5.73 Å². The molecule has 0 bridgehead atoms. The Morgan fingerprint density at radius 2 is 2.29 bits per heavy atom. The molecule has 0 saturated carbocycles. The molecule has 4 nitrogen and oxygen atoms in total. The van der Waals surface area contributed by atoms with Crippen molar-refractivity contribution in [2.24, 2.45) is 0 Å². The van der Waals surface area contributed by atoms with Crippen molar-refractivity contribution in [1.82, 2.24) is 4.98 Å². The lowest BCUT2D eigenvalue weighted by molar-refractivity contribution is 0.147. The largest absolute Gasteiger partial charge is 0.392 e. The van der Waals surface area contributed by atoms with E-state index in [-0.39, 0.29) is 17.1 Å². The molecular weight excluding hydrogens is 192 g/mol. The molecule has 0 unspecified atom stereocenters. The van der Waals surface area contributed by atoms with E-state index in [1.54, 1.807) is 6.07 Å². The van der Waals surface area contributed by atoms with Crippen LogP contribution in [0, 0.1) is 11.3 Å². The van der Waals surface area contributed by atoms with Crippen molar-refractivity contribution in [3.63, 3.8) is 0 Å². The van der Waals surface area contributed by atoms with Gasteiger partial charge in [0.25, 0.3) is 6.43 Å². The number of nitrogens with zero attached hydrogens (tertiary/aromatic N) is 2. The Morgan fingerprint density at radius 3 is 2.71 bits per heavy atom. The van der Waals surface area contributed by atoms with Crippen molar-refractivity contribution in [1.29, 1.82) is 5.26 Å². The first-order chi connectivity index (χ1) is 6.60. The second kappa shape index (κ2) is 3.98. The molecule has 0 spiro atoms. The van der Waals surface area contributed by atoms with E-state index >= 15 is 0 Å². The predicted molar refractivity (Wildman–Crippen MR) is 44.2 cm³/mol. The third-order valence-electron chi connectivity index (χ3n) is 1.70. The van der Waals surface area contributed by atoms with Gasteiger partial charge in [-0.2, -0.15) is 5.26 Å². The van der Waals surface area contributed by atoms with Crippen LogP contribution in [0.2, 0.25) is 0 Å². The zero-order chi connectivity index (χ0) is 10.7. The fraction of sp³-hybridized carbons (Fsp3) is 0.250. The highest BCUT2D eigenvalue weighted by Gasteiger charge is 2.17. The second-order valence-electron chi connectivity index (χ2n) is 2.53. The molecule has 0 aromatic carbocycles. The molecule has 1 heterocycles. The summed E-state index contributed by atoms with van der Waals surface area (Å²) in [6.45, 7) is -0.621. The SMILES string of the molecule is N#Cc1cc(C(F)F)c(CO)c(N)n1. The molecule has 74 valence electrons. The van der Waals surface area contributed by atoms with E-state index in [4.69, 9.17) is 16.1 Å². The minimum absolute atomic E-state index is 0.126. The molecule has 0 amide bonds. The average Bonchev–Trinajstić information content (AvgIpc) is 2.16. The zero-order valence-electron chi connectivity index (χ0n) is 7.04. The van der Waals surface area contributed by atoms with Crippen LogP contribution in [0.1, 0.15) is 23.2 Å². The molecule has 6 heteroatoms. The van der Waals surface area contributed by atoms with Crippen LogP contribution in [-0.2, 0) is 6.61 Å². The number of aliphatic hydroxyl groups is 1. The maximum atomic E-state index is 12.4. The molecule has 1 aromatic rings. The maximum absolute atomic E-state index is 12.4. The van der Waals surface area contributed by atoms with E-state index in [1.807, 2.05) is 0 Å². The number of nitrogens with two attached hydrogens (primary N) is 1. The number of pyridine rings is 1. The summed E-state index contributed by atoms with van der Waals surface area (Å²) in [4.78, 5) is 3.53. The lowest BCUT2D eigenvalue weighted by Gasteiger charge is -2.08. The minimum Gasteiger partial charge on any atom is -0.392 e. The van der Waals surface area contributed by atoms with Crippen LogP contribution in [0.25, 0.3) is 0 Å². The zero-order valence-corrected chi connectivity index (χ0v) is 7.04. The quantitative estimate of drug-likeness (QED) is 0.743. The number of nitriles is 1. The number of hydrogen-bond acceptors (Lipinski definition) is 4. The van der Waals surface area contributed by atoms with E-state index in [0.29, 0.717) is 0 Å². The molecule has 3 N–H and O–H groups in total. The van der Waals surface area contributed by atoms with E-state index in [9.17, 15) is 8.78 Å². The number of alkyl halides is 2. The first-order valence-electron chi connectivity index (χ1n) is 3.68. The van der Waals surface area contributed by atoms with E-state index in [2.05, 4.69) is 4.98 Å². The van der Waals surface area contributed by atoms with Gasteiger partial charge in [0.2, 0.25) is 0 Å². The van der Waals surface area contributed by atoms with Crippen molar-refractivity contribution in [3.05, 3.63) is 22.9 Å². The number of rotatable bonds is 2. The van der Waals surface area contributed by atoms with Crippen LogP contribution in [0.4, 0.5) is 14.6 Å². The van der Waals surface area contributed by atoms with Gasteiger partial charge in [-0.05, 0) is 6.07 Å². The maximum Gasteiger partial charge on any atom is 0.264 e. The van der Waals surface area contributed by atoms with Gasteiger partial charge in [-0.1, -0.05) is 0 Å². The summed E-state index contributed by atoms with van der Waals surface area (Å²) in [6.07, 6.45) is -2.78. The Balaban J connectivity index is 3.37. The Bertz CT molecular complexity index is 387. The number of anilines is 1. The first-order valence-corrected chi connectivity index (χ1v) is 3.68. The molecule has 0 aliphatic carbocycles. The summed E-state index contributed by atoms with van der Waals surface area (Å²) in [5.41, 5.74) is 4.53. The van der Waals surface area contributed by atoms with Crippen molar-refractivity contribution < 1.29 is 13.9 Å². The lowest BCUT2D eigenvalue weighted by Crippen LogP contribution is -2.05. The summed E-state index contributed by atoms with van der Waals surface area (Å²) >= 11 is 0. The van der Waals surface area contributed by atoms with Gasteiger partial charge in [0.15, 0.2) is 0 Å². The summed E-state index contributed by atoms with van der Waals surface area (Å²) in [5.74, 6) is -0.234. The second-order valence-corrected chi connectivity index (χ2v) is 2.53. The molecule has 0 aliphatic rings. The average molecular weight is 199 g/mol. The van der Waals surface area contributed by atoms with Gasteiger partial charge in [0, 0.05) is 11.1 Å². The molecule has 1 rings (SSSR count). The van der Waals surface area contributed by atoms with Crippen molar-refractivity contribution in [2.75, 3.05) is 5.73 Å². The fourth-order valence-electron chi connectivity index (χ4n) is 1.04. The molecule has 0 fully saturated rings. The Morgan fingerprint density at radius 1 is 1.64 bits per heavy atom. The molecule has 0 radical (unpaired) electrons. The molecule has 0 saturated heterocycles. The van der Waals surface area contributed by atoms with Crippen molar-refractivity contribution >= 4 is 5.82 Å². The molecular formula is C8H7F2N3O. The number of nitrogen functional groups attached to an aromatic ring is 1. The number of aromatic nitrogens is 1. The van der Waals surface area contributed by atoms with Crippen molar-refractivity contribution in [3.8, 4) is 6.07 Å². The Labute approximate surface area is 78.6 Å². The van der Waals surface area contributed by atoms with Gasteiger partial charge in [0.05, 0.1) is 6.61 Å². The third kappa shape index (κ3) is 1.78. The monoisotopic (exact) mass is 199 g/mol. The highest BCUT2D eigenvalue weighted by molar-refractivity contribution is 5.48. The van der Waals surface area contributed by atoms with E-state index < -0.39 is 18.6 Å². The van der Waals surface area contributed by atoms with Crippen LogP contribution in [-0.4, -0.2) is 10.1 Å². The first kappa shape index (κ1) is 10.3. The Hall–Kier alpha value is -1.74. The van der Waals surface area contributed by atoms with Crippen LogP contribution in [0.5, 0.6) is 0 Å². The Kier molecular flexibility index (Phi) is 2.94. The van der Waals surface area contributed by atoms with Crippen LogP contribution in [0.3, 0.4) is 0 Å².